The molecule has 4 nitrogen and oxygen atoms in total. The highest BCUT2D eigenvalue weighted by Crippen LogP contribution is 2.18. The van der Waals surface area contributed by atoms with Crippen molar-refractivity contribution in [3.05, 3.63) is 35.9 Å². The SMILES string of the molecule is C=Cc1ccc(C(=O)NN)c(O)c1. The molecule has 0 fully saturated rings. The molecule has 1 aromatic carbocycles. The fourth-order valence-electron chi connectivity index (χ4n) is 0.945. The van der Waals surface area contributed by atoms with Crippen molar-refractivity contribution in [3.63, 3.8) is 0 Å². The Balaban J connectivity index is 3.12. The summed E-state index contributed by atoms with van der Waals surface area (Å²) in [5.74, 6) is 4.28. The lowest BCUT2D eigenvalue weighted by molar-refractivity contribution is 0.0951. The summed E-state index contributed by atoms with van der Waals surface area (Å²) in [4.78, 5) is 11.0. The van der Waals surface area contributed by atoms with E-state index in [2.05, 4.69) is 6.58 Å². The molecule has 68 valence electrons. The number of aromatic hydroxyl groups is 1. The third-order valence-electron chi connectivity index (χ3n) is 1.63. The third kappa shape index (κ3) is 1.86. The number of nitrogens with two attached hydrogens (primary N) is 1. The summed E-state index contributed by atoms with van der Waals surface area (Å²) in [6, 6.07) is 4.59. The van der Waals surface area contributed by atoms with Crippen LogP contribution in [0.4, 0.5) is 0 Å². The van der Waals surface area contributed by atoms with E-state index in [1.165, 1.54) is 12.1 Å². The molecule has 4 heteroatoms. The second-order valence-electron chi connectivity index (χ2n) is 2.45. The van der Waals surface area contributed by atoms with Gasteiger partial charge in [-0.25, -0.2) is 5.84 Å². The zero-order valence-electron chi connectivity index (χ0n) is 6.95. The molecule has 0 unspecified atom stereocenters. The number of nitrogen functional groups attached to an aromatic ring is 1. The number of rotatable bonds is 2. The second-order valence-corrected chi connectivity index (χ2v) is 2.45. The minimum absolute atomic E-state index is 0.111. The Morgan fingerprint density at radius 2 is 2.31 bits per heavy atom. The molecule has 1 aromatic rings. The van der Waals surface area contributed by atoms with E-state index >= 15 is 0 Å². The number of nitrogens with one attached hydrogen (secondary N) is 1. The summed E-state index contributed by atoms with van der Waals surface area (Å²) in [6.07, 6.45) is 1.57. The average Bonchev–Trinajstić information content (AvgIpc) is 2.16. The Morgan fingerprint density at radius 3 is 2.77 bits per heavy atom. The second kappa shape index (κ2) is 3.73. The highest BCUT2D eigenvalue weighted by molar-refractivity contribution is 5.96. The number of hydrogen-bond acceptors (Lipinski definition) is 3. The van der Waals surface area contributed by atoms with Crippen molar-refractivity contribution in [3.8, 4) is 5.75 Å². The monoisotopic (exact) mass is 178 g/mol. The third-order valence-corrected chi connectivity index (χ3v) is 1.63. The van der Waals surface area contributed by atoms with Gasteiger partial charge in [-0.2, -0.15) is 0 Å². The number of phenolic OH excluding ortho intramolecular Hbond substituents is 1. The van der Waals surface area contributed by atoms with Crippen molar-refractivity contribution in [2.45, 2.75) is 0 Å². The van der Waals surface area contributed by atoms with Crippen LogP contribution in [0, 0.1) is 0 Å². The lowest BCUT2D eigenvalue weighted by Gasteiger charge is -2.03. The van der Waals surface area contributed by atoms with E-state index in [1.54, 1.807) is 12.1 Å². The molecule has 4 N–H and O–H groups in total. The fraction of sp³-hybridized carbons (Fsp3) is 0. The van der Waals surface area contributed by atoms with Gasteiger partial charge in [0.15, 0.2) is 0 Å². The molecule has 0 aliphatic rings. The fourth-order valence-corrected chi connectivity index (χ4v) is 0.945. The van der Waals surface area contributed by atoms with Crippen LogP contribution in [0.5, 0.6) is 5.75 Å². The molecule has 0 radical (unpaired) electrons. The molecule has 0 aliphatic heterocycles. The molecular formula is C9H10N2O2. The smallest absolute Gasteiger partial charge is 0.268 e. The summed E-state index contributed by atoms with van der Waals surface area (Å²) in [5, 5.41) is 9.36. The standard InChI is InChI=1S/C9H10N2O2/c1-2-6-3-4-7(8(12)5-6)9(13)11-10/h2-5,12H,1,10H2,(H,11,13). The topological polar surface area (TPSA) is 75.4 Å². The molecule has 0 aliphatic carbocycles. The van der Waals surface area contributed by atoms with Gasteiger partial charge >= 0.3 is 0 Å². The van der Waals surface area contributed by atoms with Gasteiger partial charge in [-0.1, -0.05) is 18.7 Å². The molecule has 0 spiro atoms. The lowest BCUT2D eigenvalue weighted by atomic mass is 10.1. The van der Waals surface area contributed by atoms with Crippen LogP contribution in [-0.2, 0) is 0 Å². The average molecular weight is 178 g/mol. The Morgan fingerprint density at radius 1 is 1.62 bits per heavy atom. The predicted octanol–water partition coefficient (Wildman–Crippen LogP) is 0.639. The highest BCUT2D eigenvalue weighted by Gasteiger charge is 2.08. The minimum atomic E-state index is -0.520. The maximum atomic E-state index is 11.0. The van der Waals surface area contributed by atoms with Crippen LogP contribution >= 0.6 is 0 Å². The molecule has 1 amide bonds. The van der Waals surface area contributed by atoms with E-state index in [9.17, 15) is 9.90 Å². The first-order valence-electron chi connectivity index (χ1n) is 3.65. The first-order valence-corrected chi connectivity index (χ1v) is 3.65. The van der Waals surface area contributed by atoms with Crippen molar-refractivity contribution in [1.82, 2.24) is 5.43 Å². The highest BCUT2D eigenvalue weighted by atomic mass is 16.3. The normalized spacial score (nSPS) is 9.31. The maximum absolute atomic E-state index is 11.0. The van der Waals surface area contributed by atoms with Gasteiger partial charge in [0.2, 0.25) is 0 Å². The number of benzene rings is 1. The van der Waals surface area contributed by atoms with Crippen LogP contribution in [0.3, 0.4) is 0 Å². The van der Waals surface area contributed by atoms with Gasteiger partial charge in [0.05, 0.1) is 5.56 Å². The van der Waals surface area contributed by atoms with Gasteiger partial charge in [-0.15, -0.1) is 0 Å². The van der Waals surface area contributed by atoms with Crippen LogP contribution < -0.4 is 11.3 Å². The summed E-state index contributed by atoms with van der Waals surface area (Å²) < 4.78 is 0. The van der Waals surface area contributed by atoms with Crippen LogP contribution in [0.25, 0.3) is 6.08 Å². The molecule has 0 atom stereocenters. The molecular weight excluding hydrogens is 168 g/mol. The number of carbonyl (C=O) groups excluding carboxylic acids is 1. The van der Waals surface area contributed by atoms with Crippen molar-refractivity contribution in [1.29, 1.82) is 0 Å². The zero-order valence-corrected chi connectivity index (χ0v) is 6.95. The van der Waals surface area contributed by atoms with Gasteiger partial charge in [0.1, 0.15) is 5.75 Å². The quantitative estimate of drug-likeness (QED) is 0.353. The van der Waals surface area contributed by atoms with E-state index < -0.39 is 5.91 Å². The Hall–Kier alpha value is -1.81. The Labute approximate surface area is 75.7 Å². The van der Waals surface area contributed by atoms with Crippen LogP contribution in [0.15, 0.2) is 24.8 Å². The largest absolute Gasteiger partial charge is 0.507 e. The summed E-state index contributed by atoms with van der Waals surface area (Å²) >= 11 is 0. The summed E-state index contributed by atoms with van der Waals surface area (Å²) in [5.41, 5.74) is 2.82. The van der Waals surface area contributed by atoms with Crippen molar-refractivity contribution in [2.75, 3.05) is 0 Å². The van der Waals surface area contributed by atoms with E-state index in [1.807, 2.05) is 5.43 Å². The number of hydrogen-bond donors (Lipinski definition) is 3. The van der Waals surface area contributed by atoms with Crippen LogP contribution in [-0.4, -0.2) is 11.0 Å². The Bertz CT molecular complexity index is 347. The Kier molecular flexibility index (Phi) is 2.66. The van der Waals surface area contributed by atoms with Crippen molar-refractivity contribution < 1.29 is 9.90 Å². The number of carbonyl (C=O) groups is 1. The van der Waals surface area contributed by atoms with Gasteiger partial charge in [-0.3, -0.25) is 10.2 Å². The molecule has 0 heterocycles. The molecule has 13 heavy (non-hydrogen) atoms. The first-order chi connectivity index (χ1) is 6.19. The molecule has 0 saturated carbocycles. The van der Waals surface area contributed by atoms with E-state index in [0.717, 1.165) is 5.56 Å². The molecule has 0 saturated heterocycles. The van der Waals surface area contributed by atoms with Gasteiger partial charge < -0.3 is 5.11 Å². The van der Waals surface area contributed by atoms with Gasteiger partial charge in [0, 0.05) is 0 Å². The molecule has 0 bridgehead atoms. The van der Waals surface area contributed by atoms with Gasteiger partial charge in [0.25, 0.3) is 5.91 Å². The summed E-state index contributed by atoms with van der Waals surface area (Å²) in [7, 11) is 0. The number of phenols is 1. The van der Waals surface area contributed by atoms with E-state index in [-0.39, 0.29) is 11.3 Å². The van der Waals surface area contributed by atoms with Gasteiger partial charge in [-0.05, 0) is 17.7 Å². The van der Waals surface area contributed by atoms with Crippen molar-refractivity contribution >= 4 is 12.0 Å². The first kappa shape index (κ1) is 9.28. The minimum Gasteiger partial charge on any atom is -0.507 e. The zero-order chi connectivity index (χ0) is 9.84. The number of amides is 1. The summed E-state index contributed by atoms with van der Waals surface area (Å²) in [6.45, 7) is 3.53. The van der Waals surface area contributed by atoms with E-state index in [0.29, 0.717) is 0 Å². The maximum Gasteiger partial charge on any atom is 0.268 e. The van der Waals surface area contributed by atoms with Crippen LogP contribution in [0.2, 0.25) is 0 Å². The van der Waals surface area contributed by atoms with Crippen molar-refractivity contribution in [2.24, 2.45) is 5.84 Å². The van der Waals surface area contributed by atoms with E-state index in [4.69, 9.17) is 5.84 Å². The molecule has 1 rings (SSSR count). The molecule has 0 aromatic heterocycles. The van der Waals surface area contributed by atoms with Crippen LogP contribution in [0.1, 0.15) is 15.9 Å². The number of hydrazine groups is 1. The predicted molar refractivity (Wildman–Crippen MR) is 49.9 cm³/mol. The lowest BCUT2D eigenvalue weighted by Crippen LogP contribution is -2.29.